The first-order valence-electron chi connectivity index (χ1n) is 2.28. The second kappa shape index (κ2) is 6.82. The first-order valence-corrected chi connectivity index (χ1v) is 4.58. The van der Waals surface area contributed by atoms with E-state index in [0.29, 0.717) is 0 Å². The van der Waals surface area contributed by atoms with Crippen molar-refractivity contribution in [2.24, 2.45) is 0 Å². The van der Waals surface area contributed by atoms with Crippen molar-refractivity contribution in [1.29, 1.82) is 0 Å². The minimum absolute atomic E-state index is 1.25. The van der Waals surface area contributed by atoms with E-state index in [-0.39, 0.29) is 0 Å². The molecule has 0 aliphatic rings. The van der Waals surface area contributed by atoms with E-state index in [1.54, 1.807) is 0 Å². The second-order valence-electron chi connectivity index (χ2n) is 1.13. The summed E-state index contributed by atoms with van der Waals surface area (Å²) in [6.45, 7) is 2.19. The SMILES string of the molecule is CCCS/C=C\I. The lowest BCUT2D eigenvalue weighted by molar-refractivity contribution is 1.11. The molecule has 0 aromatic heterocycles. The fraction of sp³-hybridized carbons (Fsp3) is 0.600. The predicted molar refractivity (Wildman–Crippen MR) is 45.9 cm³/mol. The Morgan fingerprint density at radius 2 is 2.43 bits per heavy atom. The highest BCUT2D eigenvalue weighted by molar-refractivity contribution is 14.1. The van der Waals surface area contributed by atoms with Crippen LogP contribution in [0.4, 0.5) is 0 Å². The van der Waals surface area contributed by atoms with Gasteiger partial charge in [-0.25, -0.2) is 0 Å². The maximum absolute atomic E-state index is 2.23. The van der Waals surface area contributed by atoms with Crippen LogP contribution >= 0.6 is 34.4 Å². The average molecular weight is 228 g/mol. The van der Waals surface area contributed by atoms with Crippen LogP contribution in [0, 0.1) is 0 Å². The zero-order valence-electron chi connectivity index (χ0n) is 4.36. The third kappa shape index (κ3) is 6.82. The number of halogens is 1. The lowest BCUT2D eigenvalue weighted by Gasteiger charge is -1.83. The van der Waals surface area contributed by atoms with Gasteiger partial charge in [-0.2, -0.15) is 0 Å². The zero-order chi connectivity index (χ0) is 5.54. The molecule has 2 heteroatoms. The van der Waals surface area contributed by atoms with E-state index in [1.807, 2.05) is 15.8 Å². The maximum Gasteiger partial charge on any atom is -0.00284 e. The summed E-state index contributed by atoms with van der Waals surface area (Å²) in [5.41, 5.74) is 0. The van der Waals surface area contributed by atoms with Crippen LogP contribution in [-0.2, 0) is 0 Å². The van der Waals surface area contributed by atoms with Crippen LogP contribution in [0.2, 0.25) is 0 Å². The molecule has 0 atom stereocenters. The van der Waals surface area contributed by atoms with Crippen LogP contribution in [0.5, 0.6) is 0 Å². The molecule has 0 N–H and O–H groups in total. The van der Waals surface area contributed by atoms with Crippen molar-refractivity contribution in [3.05, 3.63) is 9.49 Å². The van der Waals surface area contributed by atoms with Gasteiger partial charge < -0.3 is 0 Å². The third-order valence-corrected chi connectivity index (χ3v) is 2.29. The van der Waals surface area contributed by atoms with Crippen molar-refractivity contribution in [3.63, 3.8) is 0 Å². The van der Waals surface area contributed by atoms with E-state index in [1.165, 1.54) is 12.2 Å². The Balaban J connectivity index is 2.69. The molecule has 0 nitrogen and oxygen atoms in total. The lowest BCUT2D eigenvalue weighted by Crippen LogP contribution is -1.64. The van der Waals surface area contributed by atoms with Crippen LogP contribution in [0.3, 0.4) is 0 Å². The van der Waals surface area contributed by atoms with Crippen molar-refractivity contribution in [2.75, 3.05) is 5.75 Å². The Labute approximate surface area is 62.9 Å². The van der Waals surface area contributed by atoms with E-state index in [4.69, 9.17) is 0 Å². The fourth-order valence-electron chi connectivity index (χ4n) is 0.222. The molecule has 0 aromatic carbocycles. The number of hydrogen-bond donors (Lipinski definition) is 0. The van der Waals surface area contributed by atoms with Crippen LogP contribution in [0.25, 0.3) is 0 Å². The van der Waals surface area contributed by atoms with E-state index < -0.39 is 0 Å². The minimum Gasteiger partial charge on any atom is -0.134 e. The number of thioether (sulfide) groups is 1. The van der Waals surface area contributed by atoms with E-state index >= 15 is 0 Å². The van der Waals surface area contributed by atoms with Gasteiger partial charge >= 0.3 is 0 Å². The number of rotatable bonds is 3. The molecule has 0 amide bonds. The Morgan fingerprint density at radius 1 is 1.71 bits per heavy atom. The summed E-state index contributed by atoms with van der Waals surface area (Å²) in [6, 6.07) is 0. The summed E-state index contributed by atoms with van der Waals surface area (Å²) in [5.74, 6) is 1.25. The molecule has 0 spiro atoms. The maximum atomic E-state index is 2.23. The van der Waals surface area contributed by atoms with Gasteiger partial charge in [0.1, 0.15) is 0 Å². The van der Waals surface area contributed by atoms with Crippen molar-refractivity contribution < 1.29 is 0 Å². The standard InChI is InChI=1S/C5H9IS/c1-2-4-7-5-3-6/h3,5H,2,4H2,1H3/b5-3-. The average Bonchev–Trinajstić information content (AvgIpc) is 1.69. The van der Waals surface area contributed by atoms with E-state index in [0.717, 1.165) is 0 Å². The van der Waals surface area contributed by atoms with Crippen molar-refractivity contribution in [3.8, 4) is 0 Å². The summed E-state index contributed by atoms with van der Waals surface area (Å²) < 4.78 is 2.04. The molecule has 0 aromatic rings. The molecule has 42 valence electrons. The molecule has 0 unspecified atom stereocenters. The topological polar surface area (TPSA) is 0 Å². The van der Waals surface area contributed by atoms with Crippen molar-refractivity contribution in [2.45, 2.75) is 13.3 Å². The van der Waals surface area contributed by atoms with Crippen molar-refractivity contribution in [1.82, 2.24) is 0 Å². The Bertz CT molecular complexity index is 52.0. The molecule has 7 heavy (non-hydrogen) atoms. The Hall–Kier alpha value is 0.820. The quantitative estimate of drug-likeness (QED) is 0.528. The fourth-order valence-corrected chi connectivity index (χ4v) is 1.29. The molecule has 0 saturated heterocycles. The van der Waals surface area contributed by atoms with E-state index in [9.17, 15) is 0 Å². The van der Waals surface area contributed by atoms with Gasteiger partial charge in [0.15, 0.2) is 0 Å². The molecule has 0 fully saturated rings. The van der Waals surface area contributed by atoms with Crippen LogP contribution < -0.4 is 0 Å². The molecule has 0 bridgehead atoms. The van der Waals surface area contributed by atoms with Crippen LogP contribution in [-0.4, -0.2) is 5.75 Å². The van der Waals surface area contributed by atoms with Gasteiger partial charge in [-0.05, 0) is 21.7 Å². The molecule has 0 heterocycles. The third-order valence-electron chi connectivity index (χ3n) is 0.470. The normalized spacial score (nSPS) is 10.6. The lowest BCUT2D eigenvalue weighted by atomic mass is 10.6. The highest BCUT2D eigenvalue weighted by atomic mass is 127. The smallest absolute Gasteiger partial charge is 0.00284 e. The Kier molecular flexibility index (Phi) is 7.62. The molecule has 0 saturated carbocycles. The van der Waals surface area contributed by atoms with Gasteiger partial charge in [-0.15, -0.1) is 11.8 Å². The summed E-state index contributed by atoms with van der Waals surface area (Å²) in [7, 11) is 0. The molecular formula is C5H9IS. The summed E-state index contributed by atoms with van der Waals surface area (Å²) in [4.78, 5) is 0. The van der Waals surface area contributed by atoms with Gasteiger partial charge in [0.2, 0.25) is 0 Å². The summed E-state index contributed by atoms with van der Waals surface area (Å²) in [6.07, 6.45) is 1.27. The largest absolute Gasteiger partial charge is 0.134 e. The first-order chi connectivity index (χ1) is 3.41. The first kappa shape index (κ1) is 7.82. The van der Waals surface area contributed by atoms with Gasteiger partial charge in [0.25, 0.3) is 0 Å². The molecule has 0 rings (SSSR count). The van der Waals surface area contributed by atoms with Crippen molar-refractivity contribution >= 4 is 34.4 Å². The monoisotopic (exact) mass is 228 g/mol. The van der Waals surface area contributed by atoms with Gasteiger partial charge in [0, 0.05) is 0 Å². The number of hydrogen-bond acceptors (Lipinski definition) is 1. The van der Waals surface area contributed by atoms with Gasteiger partial charge in [-0.3, -0.25) is 0 Å². The van der Waals surface area contributed by atoms with Crippen LogP contribution in [0.1, 0.15) is 13.3 Å². The zero-order valence-corrected chi connectivity index (χ0v) is 7.33. The van der Waals surface area contributed by atoms with Crippen LogP contribution in [0.15, 0.2) is 9.49 Å². The predicted octanol–water partition coefficient (Wildman–Crippen LogP) is 3.04. The highest BCUT2D eigenvalue weighted by Crippen LogP contribution is 2.04. The van der Waals surface area contributed by atoms with E-state index in [2.05, 4.69) is 34.9 Å². The molecule has 0 aliphatic heterocycles. The van der Waals surface area contributed by atoms with Gasteiger partial charge in [-0.1, -0.05) is 29.5 Å². The van der Waals surface area contributed by atoms with Gasteiger partial charge in [0.05, 0.1) is 0 Å². The summed E-state index contributed by atoms with van der Waals surface area (Å²) in [5, 5.41) is 2.12. The molecule has 0 aliphatic carbocycles. The molecule has 0 radical (unpaired) electrons. The summed E-state index contributed by atoms with van der Waals surface area (Å²) >= 11 is 4.09. The highest BCUT2D eigenvalue weighted by Gasteiger charge is 1.73. The minimum atomic E-state index is 1.25. The Morgan fingerprint density at radius 3 is 2.86 bits per heavy atom. The second-order valence-corrected chi connectivity index (χ2v) is 2.87. The molecular weight excluding hydrogens is 219 g/mol.